The fourth-order valence-corrected chi connectivity index (χ4v) is 6.30. The summed E-state index contributed by atoms with van der Waals surface area (Å²) in [6.07, 6.45) is -1.76. The van der Waals surface area contributed by atoms with Crippen LogP contribution < -0.4 is 14.4 Å². The summed E-state index contributed by atoms with van der Waals surface area (Å²) >= 11 is 0.888. The highest BCUT2D eigenvalue weighted by Gasteiger charge is 2.34. The number of carbonyl (C=O) groups is 1. The molecule has 0 atom stereocenters. The quantitative estimate of drug-likeness (QED) is 0.373. The van der Waals surface area contributed by atoms with E-state index < -0.39 is 33.5 Å². The van der Waals surface area contributed by atoms with Crippen molar-refractivity contribution in [1.82, 2.24) is 14.3 Å². The third kappa shape index (κ3) is 6.46. The van der Waals surface area contributed by atoms with Crippen molar-refractivity contribution in [2.75, 3.05) is 35.9 Å². The molecule has 0 saturated heterocycles. The number of nitrogens with zero attached hydrogens (tertiary/aromatic N) is 4. The number of alkyl halides is 3. The molecule has 0 fully saturated rings. The lowest BCUT2D eigenvalue weighted by molar-refractivity contribution is -0.137. The van der Waals surface area contributed by atoms with Crippen molar-refractivity contribution in [2.45, 2.75) is 43.9 Å². The molecule has 10 nitrogen and oxygen atoms in total. The number of anilines is 3. The number of hydrogen-bond acceptors (Lipinski definition) is 9. The summed E-state index contributed by atoms with van der Waals surface area (Å²) < 4.78 is 84.4. The number of carbonyl (C=O) groups excluding carboxylic acids is 1. The SMILES string of the molecule is CC(C)(C)OC(=O)N1CC=C(c2cc(C(F)(F)F)ccc2N2CCOc3cc(S(=O)(=O)Nc4ncns4)ccc32)CC1. The van der Waals surface area contributed by atoms with Gasteiger partial charge in [0, 0.05) is 41.9 Å². The maximum absolute atomic E-state index is 13.8. The number of hydrogen-bond donors (Lipinski definition) is 1. The average Bonchev–Trinajstić information content (AvgIpc) is 3.43. The van der Waals surface area contributed by atoms with Crippen molar-refractivity contribution in [3.63, 3.8) is 0 Å². The highest BCUT2D eigenvalue weighted by Crippen LogP contribution is 2.43. The second kappa shape index (κ2) is 11.1. The molecule has 2 aliphatic rings. The van der Waals surface area contributed by atoms with Crippen LogP contribution in [0.25, 0.3) is 5.57 Å². The van der Waals surface area contributed by atoms with Gasteiger partial charge in [0.25, 0.3) is 10.0 Å². The van der Waals surface area contributed by atoms with E-state index in [9.17, 15) is 26.4 Å². The van der Waals surface area contributed by atoms with E-state index >= 15 is 0 Å². The molecule has 224 valence electrons. The minimum Gasteiger partial charge on any atom is -0.489 e. The van der Waals surface area contributed by atoms with Gasteiger partial charge in [0.15, 0.2) is 0 Å². The smallest absolute Gasteiger partial charge is 0.416 e. The van der Waals surface area contributed by atoms with Crippen LogP contribution in [-0.4, -0.2) is 60.6 Å². The van der Waals surface area contributed by atoms with Crippen LogP contribution in [0.1, 0.15) is 38.3 Å². The molecule has 3 aromatic rings. The third-order valence-corrected chi connectivity index (χ3v) is 8.56. The monoisotopic (exact) mass is 623 g/mol. The van der Waals surface area contributed by atoms with Crippen LogP contribution in [0.15, 0.2) is 53.7 Å². The van der Waals surface area contributed by atoms with Gasteiger partial charge in [-0.15, -0.1) is 0 Å². The van der Waals surface area contributed by atoms with Crippen LogP contribution in [0.2, 0.25) is 0 Å². The van der Waals surface area contributed by atoms with Crippen LogP contribution in [0.3, 0.4) is 0 Å². The number of benzene rings is 2. The summed E-state index contributed by atoms with van der Waals surface area (Å²) in [6, 6.07) is 7.87. The van der Waals surface area contributed by atoms with Crippen molar-refractivity contribution in [2.24, 2.45) is 0 Å². The van der Waals surface area contributed by atoms with Crippen LogP contribution in [0, 0.1) is 0 Å². The molecular formula is C27H28F3N5O5S2. The van der Waals surface area contributed by atoms with Crippen molar-refractivity contribution in [3.05, 3.63) is 59.9 Å². The maximum atomic E-state index is 13.8. The second-order valence-corrected chi connectivity index (χ2v) is 13.1. The maximum Gasteiger partial charge on any atom is 0.416 e. The molecule has 0 aliphatic carbocycles. The molecule has 1 N–H and O–H groups in total. The molecule has 1 aromatic heterocycles. The molecule has 5 rings (SSSR count). The van der Waals surface area contributed by atoms with Gasteiger partial charge in [0.05, 0.1) is 22.7 Å². The first kappa shape index (κ1) is 29.6. The van der Waals surface area contributed by atoms with Gasteiger partial charge in [-0.2, -0.15) is 17.5 Å². The van der Waals surface area contributed by atoms with Gasteiger partial charge in [-0.25, -0.2) is 18.2 Å². The van der Waals surface area contributed by atoms with Crippen molar-refractivity contribution in [3.8, 4) is 5.75 Å². The van der Waals surface area contributed by atoms with Gasteiger partial charge in [0.2, 0.25) is 5.13 Å². The van der Waals surface area contributed by atoms with Crippen LogP contribution in [0.5, 0.6) is 5.75 Å². The van der Waals surface area contributed by atoms with Crippen LogP contribution >= 0.6 is 11.5 Å². The zero-order valence-electron chi connectivity index (χ0n) is 22.9. The lowest BCUT2D eigenvalue weighted by Crippen LogP contribution is -2.39. The molecule has 1 amide bonds. The number of nitrogens with one attached hydrogen (secondary N) is 1. The first-order chi connectivity index (χ1) is 19.7. The summed E-state index contributed by atoms with van der Waals surface area (Å²) in [6.45, 7) is 6.24. The van der Waals surface area contributed by atoms with E-state index in [1.54, 1.807) is 32.9 Å². The van der Waals surface area contributed by atoms with Gasteiger partial charge in [-0.3, -0.25) is 4.72 Å². The fourth-order valence-electron chi connectivity index (χ4n) is 4.62. The molecular weight excluding hydrogens is 595 g/mol. The summed E-state index contributed by atoms with van der Waals surface area (Å²) in [5.74, 6) is 0.265. The number of ether oxygens (including phenoxy) is 2. The van der Waals surface area contributed by atoms with Gasteiger partial charge < -0.3 is 19.3 Å². The Morgan fingerprint density at radius 2 is 1.86 bits per heavy atom. The number of amides is 1. The molecule has 0 bridgehead atoms. The molecule has 0 radical (unpaired) electrons. The summed E-state index contributed by atoms with van der Waals surface area (Å²) in [5, 5.41) is 0.107. The third-order valence-electron chi connectivity index (χ3n) is 6.51. The Balaban J connectivity index is 1.49. The Bertz CT molecular complexity index is 1620. The zero-order chi connectivity index (χ0) is 30.3. The zero-order valence-corrected chi connectivity index (χ0v) is 24.6. The van der Waals surface area contributed by atoms with E-state index in [0.29, 0.717) is 35.5 Å². The predicted molar refractivity (Wildman–Crippen MR) is 152 cm³/mol. The van der Waals surface area contributed by atoms with E-state index in [2.05, 4.69) is 14.1 Å². The van der Waals surface area contributed by atoms with Gasteiger partial charge in [0.1, 0.15) is 24.3 Å². The minimum absolute atomic E-state index is 0.0665. The number of sulfonamides is 1. The van der Waals surface area contributed by atoms with E-state index in [0.717, 1.165) is 23.7 Å². The Morgan fingerprint density at radius 3 is 2.50 bits per heavy atom. The lowest BCUT2D eigenvalue weighted by Gasteiger charge is -2.35. The number of rotatable bonds is 5. The summed E-state index contributed by atoms with van der Waals surface area (Å²) in [5.41, 5.74) is 0.567. The highest BCUT2D eigenvalue weighted by molar-refractivity contribution is 7.93. The fraction of sp³-hybridized carbons (Fsp3) is 0.370. The molecule has 42 heavy (non-hydrogen) atoms. The first-order valence-corrected chi connectivity index (χ1v) is 15.2. The Morgan fingerprint density at radius 1 is 1.10 bits per heavy atom. The van der Waals surface area contributed by atoms with Gasteiger partial charge in [-0.1, -0.05) is 6.08 Å². The molecule has 0 spiro atoms. The standard InChI is InChI=1S/C27H28F3N5O5S2/c1-26(2,3)40-25(36)34-10-8-17(9-11-34)20-14-18(27(28,29)30)4-6-21(20)35-12-13-39-23-15-19(5-7-22(23)35)42(37,38)33-24-31-16-32-41-24/h4-8,14-16H,9-13H2,1-3H3,(H,31,32,33). The Labute approximate surface area is 245 Å². The topological polar surface area (TPSA) is 114 Å². The Kier molecular flexibility index (Phi) is 7.83. The Hall–Kier alpha value is -3.85. The van der Waals surface area contributed by atoms with E-state index in [1.165, 1.54) is 29.4 Å². The van der Waals surface area contributed by atoms with Crippen LogP contribution in [0.4, 0.5) is 34.5 Å². The first-order valence-electron chi connectivity index (χ1n) is 12.9. The molecule has 15 heteroatoms. The van der Waals surface area contributed by atoms with E-state index in [4.69, 9.17) is 9.47 Å². The number of aromatic nitrogens is 2. The van der Waals surface area contributed by atoms with Crippen molar-refractivity contribution in [1.29, 1.82) is 0 Å². The number of halogens is 3. The normalized spacial score (nSPS) is 15.9. The average molecular weight is 624 g/mol. The highest BCUT2D eigenvalue weighted by atomic mass is 32.2. The van der Waals surface area contributed by atoms with E-state index in [1.807, 2.05) is 4.90 Å². The molecule has 2 aliphatic heterocycles. The lowest BCUT2D eigenvalue weighted by atomic mass is 9.94. The predicted octanol–water partition coefficient (Wildman–Crippen LogP) is 5.91. The minimum atomic E-state index is -4.56. The van der Waals surface area contributed by atoms with Gasteiger partial charge in [-0.05, 0) is 63.1 Å². The summed E-state index contributed by atoms with van der Waals surface area (Å²) in [4.78, 5) is 19.6. The van der Waals surface area contributed by atoms with Crippen molar-refractivity contribution >= 4 is 49.7 Å². The molecule has 3 heterocycles. The van der Waals surface area contributed by atoms with Crippen molar-refractivity contribution < 1.29 is 35.9 Å². The number of fused-ring (bicyclic) bond motifs is 1. The summed E-state index contributed by atoms with van der Waals surface area (Å²) in [7, 11) is -3.99. The van der Waals surface area contributed by atoms with Crippen LogP contribution in [-0.2, 0) is 20.9 Å². The molecule has 0 saturated carbocycles. The van der Waals surface area contributed by atoms with Gasteiger partial charge >= 0.3 is 12.3 Å². The molecule has 0 unspecified atom stereocenters. The second-order valence-electron chi connectivity index (χ2n) is 10.6. The molecule has 2 aromatic carbocycles. The largest absolute Gasteiger partial charge is 0.489 e. The van der Waals surface area contributed by atoms with E-state index in [-0.39, 0.29) is 35.5 Å².